The van der Waals surface area contributed by atoms with Gasteiger partial charge in [-0.05, 0) is 35.7 Å². The molecule has 1 aromatic heterocycles. The Morgan fingerprint density at radius 2 is 1.97 bits per heavy atom. The molecule has 0 saturated carbocycles. The molecule has 1 saturated heterocycles. The van der Waals surface area contributed by atoms with E-state index in [1.165, 1.54) is 0 Å². The second-order valence-corrected chi connectivity index (χ2v) is 7.80. The van der Waals surface area contributed by atoms with Crippen LogP contribution in [0.15, 0.2) is 61.1 Å². The number of carbonyl (C=O) groups is 1. The second-order valence-electron chi connectivity index (χ2n) is 7.39. The van der Waals surface area contributed by atoms with Crippen LogP contribution in [0.25, 0.3) is 0 Å². The van der Waals surface area contributed by atoms with Gasteiger partial charge in [-0.3, -0.25) is 4.79 Å². The molecule has 0 spiro atoms. The molecule has 0 aliphatic carbocycles. The number of carbonyl (C=O) groups excluding carboxylic acids is 1. The van der Waals surface area contributed by atoms with Gasteiger partial charge in [0.15, 0.2) is 0 Å². The number of halogens is 1. The molecule has 4 rings (SSSR count). The van der Waals surface area contributed by atoms with E-state index in [0.29, 0.717) is 36.8 Å². The molecule has 0 radical (unpaired) electrons. The van der Waals surface area contributed by atoms with Gasteiger partial charge in [0.2, 0.25) is 5.91 Å². The number of rotatable bonds is 7. The molecule has 1 aliphatic heterocycles. The first-order valence-electron chi connectivity index (χ1n) is 9.87. The van der Waals surface area contributed by atoms with E-state index in [9.17, 15) is 4.79 Å². The van der Waals surface area contributed by atoms with Crippen LogP contribution in [0.4, 0.5) is 0 Å². The number of nitrogens with zero attached hydrogens (tertiary/aromatic N) is 4. The van der Waals surface area contributed by atoms with Gasteiger partial charge in [-0.25, -0.2) is 4.98 Å². The SMILES string of the molecule is N#Cc1ccc(Cn2cncc2CN[C@@H]2CCN(Cc3ccccc3Cl)C2=O)cc1. The summed E-state index contributed by atoms with van der Waals surface area (Å²) < 4.78 is 2.05. The molecule has 0 unspecified atom stereocenters. The minimum atomic E-state index is -0.203. The first-order valence-corrected chi connectivity index (χ1v) is 10.3. The van der Waals surface area contributed by atoms with Gasteiger partial charge in [-0.2, -0.15) is 5.26 Å². The lowest BCUT2D eigenvalue weighted by molar-refractivity contribution is -0.129. The summed E-state index contributed by atoms with van der Waals surface area (Å²) in [7, 11) is 0. The third-order valence-electron chi connectivity index (χ3n) is 5.38. The maximum atomic E-state index is 12.8. The summed E-state index contributed by atoms with van der Waals surface area (Å²) in [5.74, 6) is 0.105. The third-order valence-corrected chi connectivity index (χ3v) is 5.75. The highest BCUT2D eigenvalue weighted by atomic mass is 35.5. The molecule has 2 aromatic carbocycles. The van der Waals surface area contributed by atoms with Gasteiger partial charge in [-0.1, -0.05) is 41.9 Å². The van der Waals surface area contributed by atoms with Crippen molar-refractivity contribution in [2.24, 2.45) is 0 Å². The highest BCUT2D eigenvalue weighted by Crippen LogP contribution is 2.21. The summed E-state index contributed by atoms with van der Waals surface area (Å²) in [6.07, 6.45) is 4.38. The maximum absolute atomic E-state index is 12.8. The van der Waals surface area contributed by atoms with Gasteiger partial charge in [0.05, 0.1) is 29.7 Å². The van der Waals surface area contributed by atoms with Crippen LogP contribution in [-0.4, -0.2) is 32.9 Å². The maximum Gasteiger partial charge on any atom is 0.240 e. The Morgan fingerprint density at radius 1 is 1.17 bits per heavy atom. The van der Waals surface area contributed by atoms with E-state index < -0.39 is 0 Å². The minimum Gasteiger partial charge on any atom is -0.337 e. The van der Waals surface area contributed by atoms with Crippen molar-refractivity contribution in [1.82, 2.24) is 19.8 Å². The van der Waals surface area contributed by atoms with Crippen LogP contribution in [0.3, 0.4) is 0 Å². The van der Waals surface area contributed by atoms with Crippen molar-refractivity contribution in [1.29, 1.82) is 5.26 Å². The monoisotopic (exact) mass is 419 g/mol. The van der Waals surface area contributed by atoms with E-state index in [1.807, 2.05) is 59.6 Å². The van der Waals surface area contributed by atoms with Crippen LogP contribution in [0.5, 0.6) is 0 Å². The van der Waals surface area contributed by atoms with Gasteiger partial charge in [0.1, 0.15) is 0 Å². The van der Waals surface area contributed by atoms with Gasteiger partial charge >= 0.3 is 0 Å². The van der Waals surface area contributed by atoms with Crippen molar-refractivity contribution >= 4 is 17.5 Å². The van der Waals surface area contributed by atoms with Crippen molar-refractivity contribution in [2.45, 2.75) is 32.1 Å². The zero-order valence-corrected chi connectivity index (χ0v) is 17.2. The van der Waals surface area contributed by atoms with Crippen LogP contribution in [0, 0.1) is 11.3 Å². The molecule has 3 aromatic rings. The first-order chi connectivity index (χ1) is 14.6. The molecule has 1 atom stereocenters. The Balaban J connectivity index is 1.34. The lowest BCUT2D eigenvalue weighted by Crippen LogP contribution is -2.38. The second kappa shape index (κ2) is 9.12. The van der Waals surface area contributed by atoms with Gasteiger partial charge < -0.3 is 14.8 Å². The number of imidazole rings is 1. The van der Waals surface area contributed by atoms with E-state index in [-0.39, 0.29) is 11.9 Å². The van der Waals surface area contributed by atoms with Crippen LogP contribution < -0.4 is 5.32 Å². The van der Waals surface area contributed by atoms with Crippen molar-refractivity contribution in [2.75, 3.05) is 6.54 Å². The van der Waals surface area contributed by atoms with E-state index in [4.69, 9.17) is 16.9 Å². The molecule has 7 heteroatoms. The van der Waals surface area contributed by atoms with Crippen molar-refractivity contribution in [3.8, 4) is 6.07 Å². The van der Waals surface area contributed by atoms with Gasteiger partial charge in [0.25, 0.3) is 0 Å². The highest BCUT2D eigenvalue weighted by Gasteiger charge is 2.31. The quantitative estimate of drug-likeness (QED) is 0.637. The average molecular weight is 420 g/mol. The number of likely N-dealkylation sites (tertiary alicyclic amines) is 1. The summed E-state index contributed by atoms with van der Waals surface area (Å²) in [5, 5.41) is 13.0. The lowest BCUT2D eigenvalue weighted by Gasteiger charge is -2.18. The Labute approximate surface area is 180 Å². The number of nitriles is 1. The molecule has 1 amide bonds. The van der Waals surface area contributed by atoms with Crippen LogP contribution >= 0.6 is 11.6 Å². The molecule has 6 nitrogen and oxygen atoms in total. The summed E-state index contributed by atoms with van der Waals surface area (Å²) >= 11 is 6.24. The van der Waals surface area contributed by atoms with Crippen molar-refractivity contribution in [3.63, 3.8) is 0 Å². The molecule has 0 bridgehead atoms. The fourth-order valence-electron chi connectivity index (χ4n) is 3.66. The van der Waals surface area contributed by atoms with E-state index >= 15 is 0 Å². The summed E-state index contributed by atoms with van der Waals surface area (Å²) in [5.41, 5.74) is 3.72. The molecule has 1 fully saturated rings. The first kappa shape index (κ1) is 20.1. The number of nitrogens with one attached hydrogen (secondary N) is 1. The lowest BCUT2D eigenvalue weighted by atomic mass is 10.1. The normalized spacial score (nSPS) is 16.1. The summed E-state index contributed by atoms with van der Waals surface area (Å²) in [6.45, 7) is 2.48. The van der Waals surface area contributed by atoms with E-state index in [0.717, 1.165) is 23.2 Å². The zero-order chi connectivity index (χ0) is 20.9. The predicted octanol–water partition coefficient (Wildman–Crippen LogP) is 3.35. The number of amides is 1. The Kier molecular flexibility index (Phi) is 6.12. The van der Waals surface area contributed by atoms with E-state index in [2.05, 4.69) is 20.9 Å². The summed E-state index contributed by atoms with van der Waals surface area (Å²) in [4.78, 5) is 18.9. The molecule has 1 aliphatic rings. The topological polar surface area (TPSA) is 74.0 Å². The highest BCUT2D eigenvalue weighted by molar-refractivity contribution is 6.31. The van der Waals surface area contributed by atoms with Gasteiger partial charge in [-0.15, -0.1) is 0 Å². The largest absolute Gasteiger partial charge is 0.337 e. The molecule has 1 N–H and O–H groups in total. The Bertz CT molecular complexity index is 1070. The zero-order valence-electron chi connectivity index (χ0n) is 16.5. The fraction of sp³-hybridized carbons (Fsp3) is 0.261. The number of aromatic nitrogens is 2. The minimum absolute atomic E-state index is 0.105. The molecular weight excluding hydrogens is 398 g/mol. The third kappa shape index (κ3) is 4.54. The van der Waals surface area contributed by atoms with Crippen LogP contribution in [-0.2, 0) is 24.4 Å². The van der Waals surface area contributed by atoms with Crippen LogP contribution in [0.2, 0.25) is 5.02 Å². The smallest absolute Gasteiger partial charge is 0.240 e. The Hall–Kier alpha value is -3.14. The molecule has 30 heavy (non-hydrogen) atoms. The fourth-order valence-corrected chi connectivity index (χ4v) is 3.86. The van der Waals surface area contributed by atoms with Gasteiger partial charge in [0, 0.05) is 37.4 Å². The predicted molar refractivity (Wildman–Crippen MR) is 115 cm³/mol. The average Bonchev–Trinajstić information content (AvgIpc) is 3.35. The standard InChI is InChI=1S/C23H22ClN5O/c24-21-4-2-1-3-19(21)15-28-10-9-22(23(28)30)27-13-20-12-26-16-29(20)14-18-7-5-17(11-25)6-8-18/h1-8,12,16,22,27H,9-10,13-15H2/t22-/m1/s1. The molecular formula is C23H22ClN5O. The van der Waals surface area contributed by atoms with E-state index in [1.54, 1.807) is 6.33 Å². The number of hydrogen-bond acceptors (Lipinski definition) is 4. The van der Waals surface area contributed by atoms with Crippen molar-refractivity contribution in [3.05, 3.63) is 88.5 Å². The molecule has 2 heterocycles. The van der Waals surface area contributed by atoms with Crippen LogP contribution in [0.1, 0.15) is 28.8 Å². The van der Waals surface area contributed by atoms with Crippen molar-refractivity contribution < 1.29 is 4.79 Å². The number of benzene rings is 2. The number of hydrogen-bond donors (Lipinski definition) is 1. The Morgan fingerprint density at radius 3 is 2.73 bits per heavy atom. The molecule has 152 valence electrons. The summed E-state index contributed by atoms with van der Waals surface area (Å²) in [6, 6.07) is 17.1.